The Hall–Kier alpha value is 0.925. The van der Waals surface area contributed by atoms with Gasteiger partial charge in [0.25, 0.3) is 0 Å². The molecular weight excluding hydrogens is 121 g/mol. The smallest absolute Gasteiger partial charge is 0.189 e. The molecule has 0 aromatic rings. The van der Waals surface area contributed by atoms with Crippen LogP contribution in [0.3, 0.4) is 0 Å². The molecule has 0 aliphatic carbocycles. The topological polar surface area (TPSA) is 0 Å². The summed E-state index contributed by atoms with van der Waals surface area (Å²) in [7, 11) is 3.17. The first-order valence-corrected chi connectivity index (χ1v) is 5.35. The Kier molecular flexibility index (Phi) is 4.38. The standard InChI is InChI=1S/C4H13BP2.H/c1-4-7(3)5(2)6;/h4,6H2,1-3H3;/q;-1/i;1+2. The molecule has 0 amide bonds. The summed E-state index contributed by atoms with van der Waals surface area (Å²) in [5.41, 5.74) is 0. The average Bonchev–Trinajstić information content (AvgIpc) is 1.65. The Labute approximate surface area is 51.9 Å². The number of rotatable bonds is 2. The van der Waals surface area contributed by atoms with Crippen LogP contribution in [-0.4, -0.2) is 19.0 Å². The van der Waals surface area contributed by atoms with Crippen molar-refractivity contribution in [2.45, 2.75) is 13.7 Å². The van der Waals surface area contributed by atoms with Crippen LogP contribution in [0.2, 0.25) is 6.82 Å². The van der Waals surface area contributed by atoms with E-state index in [0.717, 1.165) is 6.15 Å². The molecule has 0 nitrogen and oxygen atoms in total. The maximum absolute atomic E-state index is 2.85. The maximum Gasteiger partial charge on any atom is 0.189 e. The van der Waals surface area contributed by atoms with E-state index < -0.39 is 0 Å². The lowest BCUT2D eigenvalue weighted by Crippen LogP contribution is -1.92. The van der Waals surface area contributed by atoms with Gasteiger partial charge in [-0.2, -0.15) is 9.12 Å². The molecule has 0 saturated heterocycles. The fourth-order valence-electron chi connectivity index (χ4n) is 0.288. The van der Waals surface area contributed by atoms with E-state index >= 15 is 0 Å². The van der Waals surface area contributed by atoms with E-state index in [9.17, 15) is 0 Å². The molecule has 44 valence electrons. The molecule has 2 atom stereocenters. The molecule has 0 bridgehead atoms. The van der Waals surface area contributed by atoms with Crippen molar-refractivity contribution in [1.82, 2.24) is 0 Å². The second-order valence-electron chi connectivity index (χ2n) is 1.81. The van der Waals surface area contributed by atoms with Gasteiger partial charge >= 0.3 is 0 Å². The molecule has 0 fully saturated rings. The van der Waals surface area contributed by atoms with E-state index in [1.54, 1.807) is 0 Å². The maximum atomic E-state index is 2.85. The van der Waals surface area contributed by atoms with Crippen LogP contribution in [0.1, 0.15) is 8.35 Å². The van der Waals surface area contributed by atoms with Crippen molar-refractivity contribution in [3.05, 3.63) is 0 Å². The normalized spacial score (nSPS) is 13.7. The molecular formula is C4H14BP2-. The van der Waals surface area contributed by atoms with E-state index in [4.69, 9.17) is 0 Å². The highest BCUT2D eigenvalue weighted by molar-refractivity contribution is 8.08. The highest BCUT2D eigenvalue weighted by atomic mass is 31.1. The lowest BCUT2D eigenvalue weighted by molar-refractivity contribution is 1.51. The van der Waals surface area contributed by atoms with Crippen molar-refractivity contribution < 1.29 is 1.43 Å². The van der Waals surface area contributed by atoms with Crippen LogP contribution < -0.4 is 0 Å². The molecule has 0 aliphatic rings. The molecule has 0 saturated carbocycles. The molecule has 0 radical (unpaired) electrons. The summed E-state index contributed by atoms with van der Waals surface area (Å²) >= 11 is 0. The predicted molar refractivity (Wildman–Crippen MR) is 45.8 cm³/mol. The summed E-state index contributed by atoms with van der Waals surface area (Å²) in [6, 6.07) is 0. The second kappa shape index (κ2) is 3.87. The van der Waals surface area contributed by atoms with Gasteiger partial charge in [-0.15, -0.1) is 7.80 Å². The lowest BCUT2D eigenvalue weighted by atomic mass is 10.2. The minimum absolute atomic E-state index is 0. The summed E-state index contributed by atoms with van der Waals surface area (Å²) in [5, 5.41) is 0. The fourth-order valence-corrected chi connectivity index (χ4v) is 1.50. The molecule has 0 N–H and O–H groups in total. The first-order valence-electron chi connectivity index (χ1n) is 2.64. The minimum Gasteiger partial charge on any atom is -1.00 e. The molecule has 0 aromatic carbocycles. The van der Waals surface area contributed by atoms with Crippen molar-refractivity contribution in [1.29, 1.82) is 0 Å². The Bertz CT molecular complexity index is 51.3. The van der Waals surface area contributed by atoms with E-state index in [1.165, 1.54) is 6.16 Å². The lowest BCUT2D eigenvalue weighted by Gasteiger charge is -2.08. The Morgan fingerprint density at radius 1 is 1.86 bits per heavy atom. The zero-order valence-electron chi connectivity index (χ0n) is 6.31. The molecule has 2 unspecified atom stereocenters. The molecule has 7 heavy (non-hydrogen) atoms. The highest BCUT2D eigenvalue weighted by Gasteiger charge is 2.04. The summed E-state index contributed by atoms with van der Waals surface area (Å²) < 4.78 is 0. The van der Waals surface area contributed by atoms with Crippen LogP contribution in [0.15, 0.2) is 0 Å². The summed E-state index contributed by atoms with van der Waals surface area (Å²) in [5.74, 6) is 0. The molecule has 0 aliphatic heterocycles. The zero-order chi connectivity index (χ0) is 5.86. The first-order chi connectivity index (χ1) is 3.18. The van der Waals surface area contributed by atoms with Crippen LogP contribution in [0.25, 0.3) is 0 Å². The summed E-state index contributed by atoms with van der Waals surface area (Å²) in [6.45, 7) is 6.86. The molecule has 0 spiro atoms. The third kappa shape index (κ3) is 3.50. The summed E-state index contributed by atoms with van der Waals surface area (Å²) in [4.78, 5) is 0. The fraction of sp³-hybridized carbons (Fsp3) is 1.00. The van der Waals surface area contributed by atoms with Gasteiger partial charge < -0.3 is 1.43 Å². The van der Waals surface area contributed by atoms with E-state index in [0.29, 0.717) is 7.80 Å². The van der Waals surface area contributed by atoms with Gasteiger partial charge in [0.1, 0.15) is 0 Å². The van der Waals surface area contributed by atoms with Crippen molar-refractivity contribution in [2.24, 2.45) is 0 Å². The molecule has 0 heterocycles. The Balaban J connectivity index is 0. The quantitative estimate of drug-likeness (QED) is 0.404. The Morgan fingerprint density at radius 2 is 2.29 bits per heavy atom. The van der Waals surface area contributed by atoms with Crippen LogP contribution in [0.4, 0.5) is 0 Å². The second-order valence-corrected chi connectivity index (χ2v) is 6.34. The highest BCUT2D eigenvalue weighted by Crippen LogP contribution is 2.36. The zero-order valence-corrected chi connectivity index (χ0v) is 7.36. The van der Waals surface area contributed by atoms with Gasteiger partial charge in [-0.1, -0.05) is 20.4 Å². The van der Waals surface area contributed by atoms with Crippen molar-refractivity contribution in [3.63, 3.8) is 0 Å². The van der Waals surface area contributed by atoms with Crippen molar-refractivity contribution >= 4 is 23.1 Å². The van der Waals surface area contributed by atoms with E-state index in [-0.39, 0.29) is 1.43 Å². The van der Waals surface area contributed by atoms with Crippen LogP contribution in [0.5, 0.6) is 0 Å². The van der Waals surface area contributed by atoms with Gasteiger partial charge in [-0.3, -0.25) is 0 Å². The van der Waals surface area contributed by atoms with Crippen molar-refractivity contribution in [3.8, 4) is 0 Å². The van der Waals surface area contributed by atoms with Gasteiger partial charge in [0, 0.05) is 0 Å². The van der Waals surface area contributed by atoms with E-state index in [1.807, 2.05) is 0 Å². The molecule has 3 heteroatoms. The Morgan fingerprint density at radius 3 is 2.29 bits per heavy atom. The third-order valence-corrected chi connectivity index (χ3v) is 5.11. The van der Waals surface area contributed by atoms with E-state index in [2.05, 4.69) is 29.5 Å². The average molecular weight is 137 g/mol. The molecule has 0 rings (SSSR count). The van der Waals surface area contributed by atoms with Gasteiger partial charge in [0.15, 0.2) is 6.15 Å². The summed E-state index contributed by atoms with van der Waals surface area (Å²) in [6.07, 6.45) is 2.21. The minimum atomic E-state index is 0. The van der Waals surface area contributed by atoms with Crippen LogP contribution >= 0.6 is 16.9 Å². The monoisotopic (exact) mass is 137 g/mol. The van der Waals surface area contributed by atoms with Gasteiger partial charge in [0.2, 0.25) is 0 Å². The predicted octanol–water partition coefficient (Wildman–Crippen LogP) is 2.22. The number of hydrogen-bond acceptors (Lipinski definition) is 0. The largest absolute Gasteiger partial charge is 1.00 e. The van der Waals surface area contributed by atoms with Gasteiger partial charge in [-0.25, -0.2) is 0 Å². The van der Waals surface area contributed by atoms with Gasteiger partial charge in [0.05, 0.1) is 0 Å². The van der Waals surface area contributed by atoms with Gasteiger partial charge in [-0.05, 0) is 6.16 Å². The van der Waals surface area contributed by atoms with Crippen LogP contribution in [0, 0.1) is 0 Å². The van der Waals surface area contributed by atoms with Crippen LogP contribution in [-0.2, 0) is 0 Å². The third-order valence-electron chi connectivity index (χ3n) is 1.19. The first kappa shape index (κ1) is 7.92. The number of hydrogen-bond donors (Lipinski definition) is 0. The SMILES string of the molecule is CCP(C)B(C)P.[3H-]. The van der Waals surface area contributed by atoms with Crippen molar-refractivity contribution in [2.75, 3.05) is 12.8 Å². The molecule has 0 aromatic heterocycles.